The molecule has 0 unspecified atom stereocenters. The molecule has 16 heavy (non-hydrogen) atoms. The van der Waals surface area contributed by atoms with Gasteiger partial charge in [0.1, 0.15) is 5.75 Å². The predicted molar refractivity (Wildman–Crippen MR) is 51.0 cm³/mol. The number of benzene rings is 1. The molecule has 0 spiro atoms. The lowest BCUT2D eigenvalue weighted by Crippen LogP contribution is -2.17. The maximum absolute atomic E-state index is 11.9. The van der Waals surface area contributed by atoms with Crippen LogP contribution in [-0.4, -0.2) is 13.5 Å². The molecule has 5 heteroatoms. The first kappa shape index (κ1) is 11.3. The average Bonchev–Trinajstić information content (AvgIpc) is 2.97. The first-order valence-electron chi connectivity index (χ1n) is 4.87. The highest BCUT2D eigenvalue weighted by atomic mass is 19.4. The Balaban J connectivity index is 2.11. The molecule has 88 valence electrons. The summed E-state index contributed by atoms with van der Waals surface area (Å²) < 4.78 is 44.8. The van der Waals surface area contributed by atoms with Crippen molar-refractivity contribution in [2.24, 2.45) is 0 Å². The third-order valence-electron chi connectivity index (χ3n) is 2.71. The lowest BCUT2D eigenvalue weighted by Gasteiger charge is -2.14. The molecule has 1 aliphatic rings. The average molecular weight is 232 g/mol. The van der Waals surface area contributed by atoms with E-state index in [0.29, 0.717) is 0 Å². The summed E-state index contributed by atoms with van der Waals surface area (Å²) in [5, 5.41) is 0. The topological polar surface area (TPSA) is 18.5 Å². The van der Waals surface area contributed by atoms with Crippen LogP contribution in [0.1, 0.15) is 18.4 Å². The summed E-state index contributed by atoms with van der Waals surface area (Å²) in [4.78, 5) is 0. The molecule has 0 bridgehead atoms. The van der Waals surface area contributed by atoms with Crippen molar-refractivity contribution in [2.45, 2.75) is 24.8 Å². The molecule has 2 rings (SSSR count). The normalized spacial score (nSPS) is 18.2. The Kier molecular flexibility index (Phi) is 2.58. The van der Waals surface area contributed by atoms with Gasteiger partial charge >= 0.3 is 6.36 Å². The highest BCUT2D eigenvalue weighted by molar-refractivity contribution is 5.34. The molecular weight excluding hydrogens is 221 g/mol. The molecule has 0 saturated heterocycles. The van der Waals surface area contributed by atoms with Gasteiger partial charge in [-0.15, -0.1) is 13.2 Å². The Morgan fingerprint density at radius 2 is 1.69 bits per heavy atom. The Bertz CT molecular complexity index is 366. The molecule has 0 aliphatic heterocycles. The van der Waals surface area contributed by atoms with E-state index in [1.54, 1.807) is 19.2 Å². The molecule has 1 aromatic rings. The van der Waals surface area contributed by atoms with Crippen molar-refractivity contribution in [3.63, 3.8) is 0 Å². The minimum atomic E-state index is -4.64. The van der Waals surface area contributed by atoms with E-state index in [2.05, 4.69) is 4.74 Å². The molecule has 2 nitrogen and oxygen atoms in total. The molecule has 1 fully saturated rings. The number of ether oxygens (including phenoxy) is 2. The van der Waals surface area contributed by atoms with E-state index >= 15 is 0 Å². The molecule has 0 heterocycles. The highest BCUT2D eigenvalue weighted by Gasteiger charge is 2.44. The number of halogens is 3. The van der Waals surface area contributed by atoms with Crippen molar-refractivity contribution >= 4 is 0 Å². The molecule has 0 radical (unpaired) electrons. The van der Waals surface area contributed by atoms with Gasteiger partial charge in [0.05, 0.1) is 5.60 Å². The Morgan fingerprint density at radius 1 is 1.12 bits per heavy atom. The van der Waals surface area contributed by atoms with Gasteiger partial charge in [-0.05, 0) is 30.5 Å². The number of methoxy groups -OCH3 is 1. The third kappa shape index (κ3) is 2.29. The van der Waals surface area contributed by atoms with Crippen LogP contribution in [0.2, 0.25) is 0 Å². The quantitative estimate of drug-likeness (QED) is 0.796. The zero-order chi connectivity index (χ0) is 11.8. The van der Waals surface area contributed by atoms with Crippen LogP contribution in [0.3, 0.4) is 0 Å². The van der Waals surface area contributed by atoms with E-state index < -0.39 is 6.36 Å². The summed E-state index contributed by atoms with van der Waals surface area (Å²) in [7, 11) is 1.60. The largest absolute Gasteiger partial charge is 0.573 e. The van der Waals surface area contributed by atoms with E-state index in [0.717, 1.165) is 18.4 Å². The second-order valence-corrected chi connectivity index (χ2v) is 3.77. The summed E-state index contributed by atoms with van der Waals surface area (Å²) in [5.41, 5.74) is 0.612. The monoisotopic (exact) mass is 232 g/mol. The number of hydrogen-bond acceptors (Lipinski definition) is 2. The molecule has 0 aromatic heterocycles. The van der Waals surface area contributed by atoms with Gasteiger partial charge in [0.25, 0.3) is 0 Å². The first-order chi connectivity index (χ1) is 7.45. The molecule has 1 aromatic carbocycles. The van der Waals surface area contributed by atoms with Gasteiger partial charge in [-0.1, -0.05) is 12.1 Å². The predicted octanol–water partition coefficient (Wildman–Crippen LogP) is 3.22. The van der Waals surface area contributed by atoms with E-state index in [9.17, 15) is 13.2 Å². The SMILES string of the molecule is COC1(c2ccc(OC(F)(F)F)cc2)CC1. The van der Waals surface area contributed by atoms with Crippen LogP contribution < -0.4 is 4.74 Å². The summed E-state index contributed by atoms with van der Waals surface area (Å²) in [5.74, 6) is -0.205. The summed E-state index contributed by atoms with van der Waals surface area (Å²) in [6.07, 6.45) is -2.83. The first-order valence-corrected chi connectivity index (χ1v) is 4.87. The Morgan fingerprint density at radius 3 is 2.06 bits per heavy atom. The fraction of sp³-hybridized carbons (Fsp3) is 0.455. The third-order valence-corrected chi connectivity index (χ3v) is 2.71. The maximum atomic E-state index is 11.9. The van der Waals surface area contributed by atoms with Crippen molar-refractivity contribution in [1.82, 2.24) is 0 Å². The lowest BCUT2D eigenvalue weighted by atomic mass is 10.1. The standard InChI is InChI=1S/C11H11F3O2/c1-15-10(6-7-10)8-2-4-9(5-3-8)16-11(12,13)14/h2-5H,6-7H2,1H3. The van der Waals surface area contributed by atoms with Crippen molar-refractivity contribution in [1.29, 1.82) is 0 Å². The van der Waals surface area contributed by atoms with E-state index in [4.69, 9.17) is 4.74 Å². The lowest BCUT2D eigenvalue weighted by molar-refractivity contribution is -0.274. The number of rotatable bonds is 3. The smallest absolute Gasteiger partial charge is 0.406 e. The van der Waals surface area contributed by atoms with Crippen LogP contribution >= 0.6 is 0 Å². The van der Waals surface area contributed by atoms with Crippen LogP contribution in [0.4, 0.5) is 13.2 Å². The highest BCUT2D eigenvalue weighted by Crippen LogP contribution is 2.48. The van der Waals surface area contributed by atoms with E-state index in [-0.39, 0.29) is 11.4 Å². The van der Waals surface area contributed by atoms with Crippen LogP contribution in [-0.2, 0) is 10.3 Å². The molecule has 1 aliphatic carbocycles. The van der Waals surface area contributed by atoms with Gasteiger partial charge in [-0.25, -0.2) is 0 Å². The van der Waals surface area contributed by atoms with Gasteiger partial charge in [-0.2, -0.15) is 0 Å². The Labute approximate surface area is 91.0 Å². The van der Waals surface area contributed by atoms with Crippen LogP contribution in [0.5, 0.6) is 5.75 Å². The van der Waals surface area contributed by atoms with Crippen LogP contribution in [0.15, 0.2) is 24.3 Å². The molecular formula is C11H11F3O2. The van der Waals surface area contributed by atoms with Crippen molar-refractivity contribution in [2.75, 3.05) is 7.11 Å². The fourth-order valence-electron chi connectivity index (χ4n) is 1.68. The van der Waals surface area contributed by atoms with Gasteiger partial charge < -0.3 is 9.47 Å². The Hall–Kier alpha value is -1.23. The van der Waals surface area contributed by atoms with E-state index in [1.807, 2.05) is 0 Å². The van der Waals surface area contributed by atoms with Crippen molar-refractivity contribution < 1.29 is 22.6 Å². The second kappa shape index (κ2) is 3.66. The number of alkyl halides is 3. The van der Waals surface area contributed by atoms with Gasteiger partial charge in [0, 0.05) is 7.11 Å². The minimum Gasteiger partial charge on any atom is -0.406 e. The molecule has 1 saturated carbocycles. The summed E-state index contributed by atoms with van der Waals surface area (Å²) >= 11 is 0. The fourth-order valence-corrected chi connectivity index (χ4v) is 1.68. The van der Waals surface area contributed by atoms with Crippen molar-refractivity contribution in [3.8, 4) is 5.75 Å². The second-order valence-electron chi connectivity index (χ2n) is 3.77. The minimum absolute atomic E-state index is 0.205. The molecule has 0 amide bonds. The van der Waals surface area contributed by atoms with E-state index in [1.165, 1.54) is 12.1 Å². The van der Waals surface area contributed by atoms with Gasteiger partial charge in [-0.3, -0.25) is 0 Å². The zero-order valence-corrected chi connectivity index (χ0v) is 8.67. The molecule has 0 atom stereocenters. The van der Waals surface area contributed by atoms with Gasteiger partial charge in [0.15, 0.2) is 0 Å². The van der Waals surface area contributed by atoms with Crippen LogP contribution in [0, 0.1) is 0 Å². The molecule has 0 N–H and O–H groups in total. The number of hydrogen-bond donors (Lipinski definition) is 0. The maximum Gasteiger partial charge on any atom is 0.573 e. The van der Waals surface area contributed by atoms with Crippen LogP contribution in [0.25, 0.3) is 0 Å². The zero-order valence-electron chi connectivity index (χ0n) is 8.67. The van der Waals surface area contributed by atoms with Gasteiger partial charge in [0.2, 0.25) is 0 Å². The summed E-state index contributed by atoms with van der Waals surface area (Å²) in [6, 6.07) is 5.83. The summed E-state index contributed by atoms with van der Waals surface area (Å²) in [6.45, 7) is 0. The van der Waals surface area contributed by atoms with Crippen molar-refractivity contribution in [3.05, 3.63) is 29.8 Å².